The van der Waals surface area contributed by atoms with Crippen LogP contribution in [-0.4, -0.2) is 63.0 Å². The predicted octanol–water partition coefficient (Wildman–Crippen LogP) is 0.979. The van der Waals surface area contributed by atoms with Crippen LogP contribution < -0.4 is 5.56 Å². The van der Waals surface area contributed by atoms with Crippen molar-refractivity contribution >= 4 is 17.1 Å². The third-order valence-corrected chi connectivity index (χ3v) is 4.42. The molecular weight excluding hydrogens is 306 g/mol. The van der Waals surface area contributed by atoms with Gasteiger partial charge in [-0.05, 0) is 32.0 Å². The lowest BCUT2D eigenvalue weighted by atomic mass is 10.2. The van der Waals surface area contributed by atoms with Gasteiger partial charge in [-0.2, -0.15) is 0 Å². The van der Waals surface area contributed by atoms with Crippen molar-refractivity contribution in [1.29, 1.82) is 0 Å². The van der Waals surface area contributed by atoms with Crippen molar-refractivity contribution in [2.75, 3.05) is 32.7 Å². The fourth-order valence-corrected chi connectivity index (χ4v) is 3.15. The van der Waals surface area contributed by atoms with E-state index in [9.17, 15) is 9.59 Å². The first-order valence-electron chi connectivity index (χ1n) is 8.53. The highest BCUT2D eigenvalue weighted by Gasteiger charge is 2.26. The fraction of sp³-hybridized carbons (Fsp3) is 0.529. The van der Waals surface area contributed by atoms with Crippen LogP contribution in [0.2, 0.25) is 0 Å². The maximum absolute atomic E-state index is 12.8. The Morgan fingerprint density at radius 3 is 2.62 bits per heavy atom. The van der Waals surface area contributed by atoms with E-state index in [-0.39, 0.29) is 17.2 Å². The molecule has 1 amide bonds. The Balaban J connectivity index is 1.91. The Labute approximate surface area is 140 Å². The molecule has 3 rings (SSSR count). The number of amides is 1. The molecule has 0 saturated carbocycles. The second-order valence-corrected chi connectivity index (χ2v) is 5.99. The summed E-state index contributed by atoms with van der Waals surface area (Å²) in [5.74, 6) is -0.274. The van der Waals surface area contributed by atoms with Crippen LogP contribution in [0.3, 0.4) is 0 Å². The number of piperazine rings is 1. The van der Waals surface area contributed by atoms with E-state index in [0.717, 1.165) is 26.1 Å². The first-order chi connectivity index (χ1) is 11.7. The van der Waals surface area contributed by atoms with Gasteiger partial charge in [-0.1, -0.05) is 6.92 Å². The summed E-state index contributed by atoms with van der Waals surface area (Å²) in [6, 6.07) is 3.54. The maximum atomic E-state index is 12.8. The topological polar surface area (TPSA) is 71.3 Å². The molecule has 24 heavy (non-hydrogen) atoms. The van der Waals surface area contributed by atoms with E-state index in [1.807, 2.05) is 6.92 Å². The molecule has 2 aromatic rings. The molecule has 0 N–H and O–H groups in total. The molecule has 0 spiro atoms. The number of carbonyl (C=O) groups excluding carboxylic acids is 1. The van der Waals surface area contributed by atoms with Crippen molar-refractivity contribution in [3.05, 3.63) is 34.4 Å². The van der Waals surface area contributed by atoms with E-state index in [4.69, 9.17) is 0 Å². The molecule has 0 bridgehead atoms. The van der Waals surface area contributed by atoms with Gasteiger partial charge in [0.05, 0.1) is 0 Å². The lowest BCUT2D eigenvalue weighted by molar-refractivity contribution is 0.0629. The number of hydrogen-bond donors (Lipinski definition) is 0. The van der Waals surface area contributed by atoms with E-state index >= 15 is 0 Å². The van der Waals surface area contributed by atoms with Gasteiger partial charge in [0, 0.05) is 38.9 Å². The third-order valence-electron chi connectivity index (χ3n) is 4.42. The summed E-state index contributed by atoms with van der Waals surface area (Å²) in [5, 5.41) is 0. The molecule has 7 heteroatoms. The normalized spacial score (nSPS) is 15.8. The van der Waals surface area contributed by atoms with Crippen LogP contribution in [0.25, 0.3) is 11.2 Å². The van der Waals surface area contributed by atoms with Crippen molar-refractivity contribution in [3.8, 4) is 0 Å². The van der Waals surface area contributed by atoms with Gasteiger partial charge in [0.15, 0.2) is 11.3 Å². The number of pyridine rings is 1. The minimum atomic E-state index is -0.357. The number of rotatable bonds is 4. The van der Waals surface area contributed by atoms with Gasteiger partial charge in [0.2, 0.25) is 0 Å². The van der Waals surface area contributed by atoms with Crippen LogP contribution in [0.1, 0.15) is 30.8 Å². The van der Waals surface area contributed by atoms with Crippen LogP contribution in [0.4, 0.5) is 0 Å². The van der Waals surface area contributed by atoms with E-state index in [1.54, 1.807) is 23.2 Å². The zero-order valence-corrected chi connectivity index (χ0v) is 14.2. The molecule has 1 fully saturated rings. The van der Waals surface area contributed by atoms with Gasteiger partial charge in [0.1, 0.15) is 5.52 Å². The molecular formula is C17H23N5O2. The van der Waals surface area contributed by atoms with Gasteiger partial charge in [-0.25, -0.2) is 9.97 Å². The Bertz CT molecular complexity index is 793. The summed E-state index contributed by atoms with van der Waals surface area (Å²) in [6.45, 7) is 8.48. The standard InChI is InChI=1S/C17H23N5O2/c1-3-8-20-9-11-21(12-10-20)16(23)14-17(24)22(4-2)15-13(19-14)6-5-7-18-15/h5-7H,3-4,8-12H2,1-2H3. The second-order valence-electron chi connectivity index (χ2n) is 5.99. The Kier molecular flexibility index (Phi) is 4.89. The van der Waals surface area contributed by atoms with Crippen molar-refractivity contribution in [1.82, 2.24) is 24.3 Å². The Hall–Kier alpha value is -2.28. The molecule has 1 aliphatic rings. The first kappa shape index (κ1) is 16.6. The summed E-state index contributed by atoms with van der Waals surface area (Å²) in [4.78, 5) is 38.1. The molecule has 1 saturated heterocycles. The highest BCUT2D eigenvalue weighted by Crippen LogP contribution is 2.10. The van der Waals surface area contributed by atoms with Crippen molar-refractivity contribution in [2.45, 2.75) is 26.8 Å². The summed E-state index contributed by atoms with van der Waals surface area (Å²) < 4.78 is 1.52. The van der Waals surface area contributed by atoms with Crippen molar-refractivity contribution in [3.63, 3.8) is 0 Å². The third kappa shape index (κ3) is 3.03. The monoisotopic (exact) mass is 329 g/mol. The van der Waals surface area contributed by atoms with Crippen molar-refractivity contribution in [2.24, 2.45) is 0 Å². The highest BCUT2D eigenvalue weighted by molar-refractivity contribution is 5.93. The van der Waals surface area contributed by atoms with Crippen LogP contribution in [0.5, 0.6) is 0 Å². The quantitative estimate of drug-likeness (QED) is 0.836. The maximum Gasteiger partial charge on any atom is 0.283 e. The lowest BCUT2D eigenvalue weighted by Gasteiger charge is -2.34. The zero-order valence-electron chi connectivity index (χ0n) is 14.2. The SMILES string of the molecule is CCCN1CCN(C(=O)c2nc3cccnc3n(CC)c2=O)CC1. The van der Waals surface area contributed by atoms with E-state index in [0.29, 0.717) is 30.8 Å². The Morgan fingerprint density at radius 1 is 1.21 bits per heavy atom. The number of aryl methyl sites for hydroxylation is 1. The minimum Gasteiger partial charge on any atom is -0.335 e. The first-order valence-corrected chi connectivity index (χ1v) is 8.53. The van der Waals surface area contributed by atoms with E-state index in [2.05, 4.69) is 21.8 Å². The van der Waals surface area contributed by atoms with Crippen LogP contribution in [0, 0.1) is 0 Å². The number of hydrogen-bond acceptors (Lipinski definition) is 5. The second kappa shape index (κ2) is 7.09. The minimum absolute atomic E-state index is 0.00120. The van der Waals surface area contributed by atoms with Crippen molar-refractivity contribution < 1.29 is 4.79 Å². The smallest absolute Gasteiger partial charge is 0.283 e. The summed E-state index contributed by atoms with van der Waals surface area (Å²) in [7, 11) is 0. The summed E-state index contributed by atoms with van der Waals surface area (Å²) >= 11 is 0. The number of nitrogens with zero attached hydrogens (tertiary/aromatic N) is 5. The van der Waals surface area contributed by atoms with Crippen LogP contribution in [-0.2, 0) is 6.54 Å². The highest BCUT2D eigenvalue weighted by atomic mass is 16.2. The predicted molar refractivity (Wildman–Crippen MR) is 92.1 cm³/mol. The van der Waals surface area contributed by atoms with Crippen LogP contribution >= 0.6 is 0 Å². The number of aromatic nitrogens is 3. The molecule has 0 aliphatic carbocycles. The fourth-order valence-electron chi connectivity index (χ4n) is 3.15. The Morgan fingerprint density at radius 2 is 1.96 bits per heavy atom. The summed E-state index contributed by atoms with van der Waals surface area (Å²) in [6.07, 6.45) is 2.73. The van der Waals surface area contributed by atoms with Crippen LogP contribution in [0.15, 0.2) is 23.1 Å². The van der Waals surface area contributed by atoms with Gasteiger partial charge < -0.3 is 4.90 Å². The largest absolute Gasteiger partial charge is 0.335 e. The summed E-state index contributed by atoms with van der Waals surface area (Å²) in [5.41, 5.74) is 0.743. The molecule has 0 unspecified atom stereocenters. The molecule has 2 aromatic heterocycles. The van der Waals surface area contributed by atoms with E-state index in [1.165, 1.54) is 4.57 Å². The molecule has 0 aromatic carbocycles. The number of carbonyl (C=O) groups is 1. The average Bonchev–Trinajstić information content (AvgIpc) is 2.61. The molecule has 3 heterocycles. The molecule has 1 aliphatic heterocycles. The zero-order chi connectivity index (χ0) is 17.1. The molecule has 0 radical (unpaired) electrons. The van der Waals surface area contributed by atoms with Gasteiger partial charge in [-0.3, -0.25) is 19.1 Å². The average molecular weight is 329 g/mol. The van der Waals surface area contributed by atoms with Gasteiger partial charge in [-0.15, -0.1) is 0 Å². The lowest BCUT2D eigenvalue weighted by Crippen LogP contribution is -2.50. The molecule has 0 atom stereocenters. The molecule has 7 nitrogen and oxygen atoms in total. The van der Waals surface area contributed by atoms with Gasteiger partial charge in [0.25, 0.3) is 11.5 Å². The molecule has 128 valence electrons. The number of fused-ring (bicyclic) bond motifs is 1. The van der Waals surface area contributed by atoms with E-state index < -0.39 is 0 Å². The van der Waals surface area contributed by atoms with Gasteiger partial charge >= 0.3 is 0 Å².